The summed E-state index contributed by atoms with van der Waals surface area (Å²) in [6, 6.07) is 5.03. The molecule has 0 aliphatic carbocycles. The number of nitrogens with zero attached hydrogens (tertiary/aromatic N) is 3. The molecule has 8 heteroatoms. The Hall–Kier alpha value is -2.45. The Morgan fingerprint density at radius 2 is 1.68 bits per heavy atom. The lowest BCUT2D eigenvalue weighted by Gasteiger charge is -2.37. The summed E-state index contributed by atoms with van der Waals surface area (Å²) in [7, 11) is 0. The maximum atomic E-state index is 13.2. The zero-order valence-corrected chi connectivity index (χ0v) is 20.7. The number of piperidine rings is 2. The summed E-state index contributed by atoms with van der Waals surface area (Å²) in [5, 5.41) is 2.35. The van der Waals surface area contributed by atoms with Gasteiger partial charge in [0.05, 0.1) is 12.2 Å². The molecule has 3 saturated heterocycles. The summed E-state index contributed by atoms with van der Waals surface area (Å²) in [6.07, 6.45) is 4.70. The van der Waals surface area contributed by atoms with Crippen molar-refractivity contribution < 1.29 is 19.1 Å². The molecule has 186 valence electrons. The van der Waals surface area contributed by atoms with E-state index in [1.807, 2.05) is 24.0 Å². The summed E-state index contributed by atoms with van der Waals surface area (Å²) >= 11 is 0. The van der Waals surface area contributed by atoms with Crippen LogP contribution in [-0.2, 0) is 9.53 Å². The molecule has 4 rings (SSSR count). The number of anilines is 1. The minimum absolute atomic E-state index is 0.0183. The van der Waals surface area contributed by atoms with Gasteiger partial charge in [0.2, 0.25) is 5.91 Å². The van der Waals surface area contributed by atoms with E-state index in [0.717, 1.165) is 50.9 Å². The topological polar surface area (TPSA) is 82.2 Å². The van der Waals surface area contributed by atoms with Crippen molar-refractivity contribution in [3.63, 3.8) is 0 Å². The van der Waals surface area contributed by atoms with E-state index in [9.17, 15) is 14.4 Å². The maximum absolute atomic E-state index is 13.2. The highest BCUT2D eigenvalue weighted by atomic mass is 16.5. The minimum Gasteiger partial charge on any atom is -0.375 e. The summed E-state index contributed by atoms with van der Waals surface area (Å²) in [4.78, 5) is 42.9. The molecule has 8 nitrogen and oxygen atoms in total. The van der Waals surface area contributed by atoms with Crippen LogP contribution in [-0.4, -0.2) is 79.1 Å². The molecule has 3 aliphatic heterocycles. The fourth-order valence-corrected chi connectivity index (χ4v) is 5.22. The molecule has 3 aliphatic rings. The van der Waals surface area contributed by atoms with Gasteiger partial charge in [-0.25, -0.2) is 4.79 Å². The van der Waals surface area contributed by atoms with E-state index in [-0.39, 0.29) is 24.3 Å². The molecule has 0 atom stereocenters. The van der Waals surface area contributed by atoms with Crippen molar-refractivity contribution in [1.82, 2.24) is 15.1 Å². The van der Waals surface area contributed by atoms with E-state index >= 15 is 0 Å². The van der Waals surface area contributed by atoms with Crippen LogP contribution < -0.4 is 10.2 Å². The first-order valence-corrected chi connectivity index (χ1v) is 12.7. The summed E-state index contributed by atoms with van der Waals surface area (Å²) in [5.74, 6) is 0.415. The molecule has 0 spiro atoms. The second kappa shape index (κ2) is 10.9. The predicted molar refractivity (Wildman–Crippen MR) is 131 cm³/mol. The van der Waals surface area contributed by atoms with Crippen molar-refractivity contribution in [2.45, 2.75) is 65.1 Å². The molecular weight excluding hydrogens is 432 g/mol. The van der Waals surface area contributed by atoms with E-state index in [2.05, 4.69) is 24.1 Å². The van der Waals surface area contributed by atoms with Crippen LogP contribution in [0.1, 0.15) is 61.9 Å². The van der Waals surface area contributed by atoms with Gasteiger partial charge in [-0.15, -0.1) is 0 Å². The number of likely N-dealkylation sites (tertiary alicyclic amines) is 2. The van der Waals surface area contributed by atoms with Gasteiger partial charge in [0.15, 0.2) is 0 Å². The first-order chi connectivity index (χ1) is 16.3. The van der Waals surface area contributed by atoms with Crippen LogP contribution in [0.5, 0.6) is 0 Å². The molecule has 1 aromatic carbocycles. The third-order valence-corrected chi connectivity index (χ3v) is 7.07. The molecule has 0 bridgehead atoms. The van der Waals surface area contributed by atoms with E-state index in [4.69, 9.17) is 4.74 Å². The zero-order chi connectivity index (χ0) is 24.2. The Morgan fingerprint density at radius 3 is 2.29 bits per heavy atom. The Morgan fingerprint density at radius 1 is 1.03 bits per heavy atom. The molecule has 3 fully saturated rings. The van der Waals surface area contributed by atoms with Crippen LogP contribution in [0.3, 0.4) is 0 Å². The fourth-order valence-electron chi connectivity index (χ4n) is 5.22. The van der Waals surface area contributed by atoms with Crippen LogP contribution >= 0.6 is 0 Å². The van der Waals surface area contributed by atoms with E-state index in [0.29, 0.717) is 42.9 Å². The Labute approximate surface area is 202 Å². The average molecular weight is 471 g/mol. The summed E-state index contributed by atoms with van der Waals surface area (Å²) < 4.78 is 6.41. The van der Waals surface area contributed by atoms with Gasteiger partial charge in [-0.2, -0.15) is 0 Å². The van der Waals surface area contributed by atoms with Crippen molar-refractivity contribution in [1.29, 1.82) is 0 Å². The molecule has 1 N–H and O–H groups in total. The fraction of sp³-hybridized carbons (Fsp3) is 0.654. The van der Waals surface area contributed by atoms with Crippen molar-refractivity contribution in [3.05, 3.63) is 29.3 Å². The number of benzene rings is 1. The van der Waals surface area contributed by atoms with Crippen LogP contribution in [0.2, 0.25) is 0 Å². The van der Waals surface area contributed by atoms with Crippen molar-refractivity contribution >= 4 is 23.5 Å². The number of ether oxygens (including phenoxy) is 1. The number of carbonyl (C=O) groups excluding carboxylic acids is 3. The van der Waals surface area contributed by atoms with E-state index < -0.39 is 6.03 Å². The van der Waals surface area contributed by atoms with Crippen LogP contribution in [0, 0.1) is 12.8 Å². The van der Waals surface area contributed by atoms with Crippen LogP contribution in [0.15, 0.2) is 18.2 Å². The lowest BCUT2D eigenvalue weighted by molar-refractivity contribution is -0.120. The van der Waals surface area contributed by atoms with Crippen LogP contribution in [0.25, 0.3) is 0 Å². The standard InChI is InChI=1S/C26H38N4O4/c1-18(2)17-28-11-6-21(7-12-28)34-22-8-13-29(14-9-22)25(32)20-5-4-19(3)23(16-20)30-15-10-24(31)27-26(30)33/h4-5,16,18,21-22H,6-15,17H2,1-3H3,(H,27,31,33). The molecule has 1 aromatic rings. The molecule has 3 heterocycles. The predicted octanol–water partition coefficient (Wildman–Crippen LogP) is 3.18. The SMILES string of the molecule is Cc1ccc(C(=O)N2CCC(OC3CCN(CC(C)C)CC3)CC2)cc1N1CCC(=O)NC1=O. The summed E-state index contributed by atoms with van der Waals surface area (Å²) in [5.41, 5.74) is 2.15. The molecule has 0 unspecified atom stereocenters. The normalized spacial score (nSPS) is 21.3. The number of rotatable bonds is 6. The average Bonchev–Trinajstić information content (AvgIpc) is 2.81. The number of carbonyl (C=O) groups is 3. The van der Waals surface area contributed by atoms with Gasteiger partial charge in [-0.3, -0.25) is 19.8 Å². The highest BCUT2D eigenvalue weighted by Gasteiger charge is 2.30. The number of aryl methyl sites for hydroxylation is 1. The summed E-state index contributed by atoms with van der Waals surface area (Å²) in [6.45, 7) is 11.5. The number of hydrogen-bond donors (Lipinski definition) is 1. The first-order valence-electron chi connectivity index (χ1n) is 12.7. The molecule has 34 heavy (non-hydrogen) atoms. The highest BCUT2D eigenvalue weighted by Crippen LogP contribution is 2.26. The Kier molecular flexibility index (Phi) is 7.88. The second-order valence-electron chi connectivity index (χ2n) is 10.3. The molecular formula is C26H38N4O4. The highest BCUT2D eigenvalue weighted by molar-refractivity contribution is 6.06. The van der Waals surface area contributed by atoms with Gasteiger partial charge >= 0.3 is 6.03 Å². The third-order valence-electron chi connectivity index (χ3n) is 7.07. The number of imide groups is 1. The van der Waals surface area contributed by atoms with Crippen molar-refractivity contribution in [2.75, 3.05) is 44.2 Å². The van der Waals surface area contributed by atoms with E-state index in [1.165, 1.54) is 0 Å². The third kappa shape index (κ3) is 5.96. The van der Waals surface area contributed by atoms with E-state index in [1.54, 1.807) is 11.0 Å². The van der Waals surface area contributed by atoms with Crippen molar-refractivity contribution in [3.8, 4) is 0 Å². The van der Waals surface area contributed by atoms with Gasteiger partial charge in [0, 0.05) is 56.9 Å². The lowest BCUT2D eigenvalue weighted by Crippen LogP contribution is -2.50. The van der Waals surface area contributed by atoms with Gasteiger partial charge < -0.3 is 14.5 Å². The first kappa shape index (κ1) is 24.7. The van der Waals surface area contributed by atoms with Gasteiger partial charge in [-0.05, 0) is 56.2 Å². The second-order valence-corrected chi connectivity index (χ2v) is 10.3. The minimum atomic E-state index is -0.433. The number of urea groups is 1. The number of nitrogens with one attached hydrogen (secondary N) is 1. The van der Waals surface area contributed by atoms with Gasteiger partial charge in [0.1, 0.15) is 0 Å². The number of amides is 4. The molecule has 4 amide bonds. The molecule has 0 aromatic heterocycles. The van der Waals surface area contributed by atoms with Gasteiger partial charge in [-0.1, -0.05) is 19.9 Å². The smallest absolute Gasteiger partial charge is 0.328 e. The largest absolute Gasteiger partial charge is 0.375 e. The Balaban J connectivity index is 1.29. The Bertz CT molecular complexity index is 902. The number of hydrogen-bond acceptors (Lipinski definition) is 5. The maximum Gasteiger partial charge on any atom is 0.328 e. The van der Waals surface area contributed by atoms with Crippen LogP contribution in [0.4, 0.5) is 10.5 Å². The monoisotopic (exact) mass is 470 g/mol. The van der Waals surface area contributed by atoms with Crippen molar-refractivity contribution in [2.24, 2.45) is 5.92 Å². The molecule has 0 saturated carbocycles. The van der Waals surface area contributed by atoms with Gasteiger partial charge in [0.25, 0.3) is 5.91 Å². The quantitative estimate of drug-likeness (QED) is 0.691. The zero-order valence-electron chi connectivity index (χ0n) is 20.7. The molecule has 0 radical (unpaired) electrons. The lowest BCUT2D eigenvalue weighted by atomic mass is 10.0.